The van der Waals surface area contributed by atoms with E-state index in [4.69, 9.17) is 23.2 Å². The van der Waals surface area contributed by atoms with Gasteiger partial charge in [0.15, 0.2) is 0 Å². The lowest BCUT2D eigenvalue weighted by Gasteiger charge is -2.36. The first kappa shape index (κ1) is 21.0. The van der Waals surface area contributed by atoms with Gasteiger partial charge >= 0.3 is 0 Å². The Morgan fingerprint density at radius 3 is 2.54 bits per heavy atom. The van der Waals surface area contributed by atoms with Gasteiger partial charge in [-0.2, -0.15) is 0 Å². The fourth-order valence-electron chi connectivity index (χ4n) is 3.22. The highest BCUT2D eigenvalue weighted by Crippen LogP contribution is 2.28. The molecule has 1 aliphatic heterocycles. The van der Waals surface area contributed by atoms with Gasteiger partial charge in [-0.3, -0.25) is 9.78 Å². The number of piperidine rings is 1. The van der Waals surface area contributed by atoms with Crippen LogP contribution in [0, 0.1) is 0 Å². The van der Waals surface area contributed by atoms with Crippen LogP contribution in [0.4, 0.5) is 8.78 Å². The number of nitrogens with zero attached hydrogens (tertiary/aromatic N) is 2. The monoisotopic (exact) mass is 427 g/mol. The van der Waals surface area contributed by atoms with Crippen molar-refractivity contribution < 1.29 is 13.6 Å². The van der Waals surface area contributed by atoms with Crippen molar-refractivity contribution in [3.8, 4) is 0 Å². The average Bonchev–Trinajstić information content (AvgIpc) is 2.70. The van der Waals surface area contributed by atoms with Crippen molar-refractivity contribution in [2.45, 2.75) is 31.7 Å². The van der Waals surface area contributed by atoms with Crippen LogP contribution in [0.5, 0.6) is 0 Å². The van der Waals surface area contributed by atoms with Crippen LogP contribution in [0.1, 0.15) is 34.6 Å². The molecule has 150 valence electrons. The molecule has 1 aromatic heterocycles. The number of hydrogen-bond donors (Lipinski definition) is 1. The Balaban J connectivity index is 1.50. The van der Waals surface area contributed by atoms with E-state index in [9.17, 15) is 9.18 Å². The van der Waals surface area contributed by atoms with Crippen molar-refractivity contribution in [3.63, 3.8) is 0 Å². The zero-order valence-electron chi connectivity index (χ0n) is 15.2. The lowest BCUT2D eigenvalue weighted by molar-refractivity contribution is 0.0434. The zero-order valence-corrected chi connectivity index (χ0v) is 16.7. The molecule has 8 heteroatoms. The van der Waals surface area contributed by atoms with Crippen molar-refractivity contribution in [3.05, 3.63) is 63.4 Å². The molecular formula is C20H21Cl2F2N3O. The van der Waals surface area contributed by atoms with Crippen molar-refractivity contribution in [2.24, 2.45) is 0 Å². The second-order valence-electron chi connectivity index (χ2n) is 6.93. The third-order valence-corrected chi connectivity index (χ3v) is 5.60. The summed E-state index contributed by atoms with van der Waals surface area (Å²) in [6.45, 7) is 0.554. The molecule has 3 rings (SSSR count). The smallest absolute Gasteiger partial charge is 0.253 e. The number of pyridine rings is 1. The summed E-state index contributed by atoms with van der Waals surface area (Å²) in [7, 11) is 0. The van der Waals surface area contributed by atoms with Crippen LogP contribution in [0.25, 0.3) is 0 Å². The lowest BCUT2D eigenvalue weighted by Crippen LogP contribution is -2.48. The van der Waals surface area contributed by atoms with E-state index in [1.807, 2.05) is 0 Å². The van der Waals surface area contributed by atoms with Crippen molar-refractivity contribution in [2.75, 3.05) is 19.6 Å². The Hall–Kier alpha value is -1.76. The summed E-state index contributed by atoms with van der Waals surface area (Å²) in [5.74, 6) is -0.180. The number of aromatic nitrogens is 1. The van der Waals surface area contributed by atoms with Crippen molar-refractivity contribution in [1.29, 1.82) is 0 Å². The molecule has 1 amide bonds. The van der Waals surface area contributed by atoms with Crippen LogP contribution in [0.15, 0.2) is 36.4 Å². The molecule has 0 saturated carbocycles. The van der Waals surface area contributed by atoms with Gasteiger partial charge < -0.3 is 10.2 Å². The number of carbonyl (C=O) groups excluding carboxylic acids is 1. The maximum Gasteiger partial charge on any atom is 0.253 e. The molecular weight excluding hydrogens is 407 g/mol. The standard InChI is InChI=1S/C20H21Cl2F2N3O/c21-17-5-4-14(10-18(17)22)19(28)27-8-6-20(24,7-9-27)13-25-12-16-3-1-2-15(11-23)26-16/h1-5,10,25H,6-9,11-13H2. The van der Waals surface area contributed by atoms with E-state index < -0.39 is 12.3 Å². The van der Waals surface area contributed by atoms with Crippen molar-refractivity contribution >= 4 is 29.1 Å². The van der Waals surface area contributed by atoms with Crippen LogP contribution >= 0.6 is 23.2 Å². The first-order chi connectivity index (χ1) is 13.4. The van der Waals surface area contributed by atoms with E-state index in [-0.39, 0.29) is 25.3 Å². The third kappa shape index (κ3) is 5.19. The Morgan fingerprint density at radius 1 is 1.14 bits per heavy atom. The van der Waals surface area contributed by atoms with Gasteiger partial charge in [-0.05, 0) is 30.3 Å². The summed E-state index contributed by atoms with van der Waals surface area (Å²) in [6.07, 6.45) is 0.482. The van der Waals surface area contributed by atoms with Crippen LogP contribution in [-0.2, 0) is 13.2 Å². The number of rotatable bonds is 6. The van der Waals surface area contributed by atoms with Gasteiger partial charge in [-0.15, -0.1) is 0 Å². The average molecular weight is 428 g/mol. The maximum absolute atomic E-state index is 15.1. The second kappa shape index (κ2) is 9.16. The minimum atomic E-state index is -1.40. The maximum atomic E-state index is 15.1. The summed E-state index contributed by atoms with van der Waals surface area (Å²) < 4.78 is 27.7. The molecule has 2 heterocycles. The Kier molecular flexibility index (Phi) is 6.86. The number of likely N-dealkylation sites (tertiary alicyclic amines) is 1. The van der Waals surface area contributed by atoms with E-state index in [1.54, 1.807) is 35.2 Å². The molecule has 4 nitrogen and oxygen atoms in total. The van der Waals surface area contributed by atoms with Gasteiger partial charge in [-0.25, -0.2) is 8.78 Å². The first-order valence-corrected chi connectivity index (χ1v) is 9.80. The van der Waals surface area contributed by atoms with Gasteiger partial charge in [0, 0.05) is 44.6 Å². The first-order valence-electron chi connectivity index (χ1n) is 9.05. The van der Waals surface area contributed by atoms with Gasteiger partial charge in [-0.1, -0.05) is 29.3 Å². The zero-order chi connectivity index (χ0) is 20.1. The number of amides is 1. The molecule has 0 aliphatic carbocycles. The summed E-state index contributed by atoms with van der Waals surface area (Å²) in [5, 5.41) is 3.76. The van der Waals surface area contributed by atoms with Crippen LogP contribution < -0.4 is 5.32 Å². The fourth-order valence-corrected chi connectivity index (χ4v) is 3.51. The topological polar surface area (TPSA) is 45.2 Å². The van der Waals surface area contributed by atoms with E-state index >= 15 is 4.39 Å². The van der Waals surface area contributed by atoms with E-state index in [1.165, 1.54) is 6.07 Å². The largest absolute Gasteiger partial charge is 0.338 e. The Labute approximate surface area is 172 Å². The molecule has 1 aliphatic rings. The number of halogens is 4. The summed E-state index contributed by atoms with van der Waals surface area (Å²) in [4.78, 5) is 18.4. The van der Waals surface area contributed by atoms with E-state index in [0.717, 1.165) is 0 Å². The predicted octanol–water partition coefficient (Wildman–Crippen LogP) is 4.59. The highest BCUT2D eigenvalue weighted by Gasteiger charge is 2.35. The summed E-state index contributed by atoms with van der Waals surface area (Å²) in [6, 6.07) is 9.85. The van der Waals surface area contributed by atoms with Gasteiger partial charge in [0.1, 0.15) is 12.3 Å². The summed E-state index contributed by atoms with van der Waals surface area (Å²) in [5.41, 5.74) is 0.0821. The minimum Gasteiger partial charge on any atom is -0.338 e. The molecule has 1 aromatic carbocycles. The molecule has 1 N–H and O–H groups in total. The fraction of sp³-hybridized carbons (Fsp3) is 0.400. The van der Waals surface area contributed by atoms with E-state index in [2.05, 4.69) is 10.3 Å². The molecule has 2 aromatic rings. The molecule has 0 bridgehead atoms. The molecule has 0 unspecified atom stereocenters. The number of hydrogen-bond acceptors (Lipinski definition) is 3. The molecule has 28 heavy (non-hydrogen) atoms. The summed E-state index contributed by atoms with van der Waals surface area (Å²) >= 11 is 11.9. The molecule has 1 fully saturated rings. The van der Waals surface area contributed by atoms with Gasteiger partial charge in [0.05, 0.1) is 21.4 Å². The lowest BCUT2D eigenvalue weighted by atomic mass is 9.92. The molecule has 0 atom stereocenters. The number of carbonyl (C=O) groups is 1. The number of alkyl halides is 2. The number of nitrogens with one attached hydrogen (secondary N) is 1. The molecule has 1 saturated heterocycles. The molecule has 0 radical (unpaired) electrons. The predicted molar refractivity (Wildman–Crippen MR) is 106 cm³/mol. The quantitative estimate of drug-likeness (QED) is 0.732. The SMILES string of the molecule is O=C(c1ccc(Cl)c(Cl)c1)N1CCC(F)(CNCc2cccc(CF)n2)CC1. The van der Waals surface area contributed by atoms with Crippen LogP contribution in [0.3, 0.4) is 0 Å². The number of benzene rings is 1. The van der Waals surface area contributed by atoms with Gasteiger partial charge in [0.2, 0.25) is 0 Å². The Morgan fingerprint density at radius 2 is 1.86 bits per heavy atom. The van der Waals surface area contributed by atoms with Crippen LogP contribution in [-0.4, -0.2) is 41.1 Å². The van der Waals surface area contributed by atoms with E-state index in [0.29, 0.717) is 46.6 Å². The third-order valence-electron chi connectivity index (χ3n) is 4.86. The minimum absolute atomic E-state index is 0.156. The van der Waals surface area contributed by atoms with Gasteiger partial charge in [0.25, 0.3) is 5.91 Å². The highest BCUT2D eigenvalue weighted by atomic mass is 35.5. The van der Waals surface area contributed by atoms with Crippen molar-refractivity contribution in [1.82, 2.24) is 15.2 Å². The van der Waals surface area contributed by atoms with Crippen LogP contribution in [0.2, 0.25) is 10.0 Å². The normalized spacial score (nSPS) is 16.2. The Bertz CT molecular complexity index is 842. The second-order valence-corrected chi connectivity index (χ2v) is 7.74. The molecule has 0 spiro atoms. The highest BCUT2D eigenvalue weighted by molar-refractivity contribution is 6.42.